The first-order valence-electron chi connectivity index (χ1n) is 6.32. The van der Waals surface area contributed by atoms with Crippen LogP contribution >= 0.6 is 0 Å². The average molecular weight is 244 g/mol. The molecule has 0 fully saturated rings. The minimum Gasteiger partial charge on any atom is -0.338 e. The summed E-state index contributed by atoms with van der Waals surface area (Å²) < 4.78 is 2.07. The van der Waals surface area contributed by atoms with Crippen molar-refractivity contribution in [3.05, 3.63) is 47.8 Å². The highest BCUT2D eigenvalue weighted by Crippen LogP contribution is 2.19. The van der Waals surface area contributed by atoms with Crippen molar-refractivity contribution in [2.75, 3.05) is 6.54 Å². The molecule has 96 valence electrons. The van der Waals surface area contributed by atoms with Crippen molar-refractivity contribution < 1.29 is 0 Å². The Morgan fingerprint density at radius 2 is 2.22 bits per heavy atom. The fourth-order valence-electron chi connectivity index (χ4n) is 2.16. The number of likely N-dealkylation sites (N-methyl/N-ethyl adjacent to an activating group) is 1. The van der Waals surface area contributed by atoms with Crippen molar-refractivity contribution in [3.8, 4) is 0 Å². The molecule has 1 unspecified atom stereocenters. The third-order valence-electron chi connectivity index (χ3n) is 3.21. The molecule has 0 saturated heterocycles. The second-order valence-electron chi connectivity index (χ2n) is 4.50. The summed E-state index contributed by atoms with van der Waals surface area (Å²) in [4.78, 5) is 8.63. The summed E-state index contributed by atoms with van der Waals surface area (Å²) in [5.41, 5.74) is 2.52. The lowest BCUT2D eigenvalue weighted by molar-refractivity contribution is 0.525. The van der Waals surface area contributed by atoms with Crippen LogP contribution in [0.3, 0.4) is 0 Å². The fraction of sp³-hybridized carbons (Fsp3) is 0.429. The van der Waals surface area contributed by atoms with Crippen LogP contribution in [-0.4, -0.2) is 21.1 Å². The molecule has 2 aromatic heterocycles. The number of aromatic nitrogens is 3. The van der Waals surface area contributed by atoms with Crippen LogP contribution in [0.5, 0.6) is 0 Å². The lowest BCUT2D eigenvalue weighted by Gasteiger charge is -2.19. The molecule has 1 N–H and O–H groups in total. The van der Waals surface area contributed by atoms with Gasteiger partial charge in [0.15, 0.2) is 0 Å². The van der Waals surface area contributed by atoms with Crippen LogP contribution in [-0.2, 0) is 13.5 Å². The zero-order chi connectivity index (χ0) is 13.0. The van der Waals surface area contributed by atoms with E-state index in [1.54, 1.807) is 0 Å². The van der Waals surface area contributed by atoms with Crippen molar-refractivity contribution in [1.29, 1.82) is 0 Å². The predicted molar refractivity (Wildman–Crippen MR) is 72.3 cm³/mol. The average Bonchev–Trinajstić information content (AvgIpc) is 2.75. The highest BCUT2D eigenvalue weighted by Gasteiger charge is 2.15. The number of nitrogens with zero attached hydrogens (tertiary/aromatic N) is 3. The molecular weight excluding hydrogens is 224 g/mol. The molecule has 0 bridgehead atoms. The monoisotopic (exact) mass is 244 g/mol. The number of aryl methyl sites for hydroxylation is 2. The molecule has 0 spiro atoms. The Morgan fingerprint density at radius 1 is 1.39 bits per heavy atom. The maximum absolute atomic E-state index is 4.40. The van der Waals surface area contributed by atoms with Gasteiger partial charge in [-0.1, -0.05) is 6.92 Å². The van der Waals surface area contributed by atoms with Gasteiger partial charge in [0.2, 0.25) is 0 Å². The minimum absolute atomic E-state index is 0.268. The molecule has 2 rings (SSSR count). The third kappa shape index (κ3) is 2.76. The molecule has 0 aliphatic carbocycles. The second kappa shape index (κ2) is 5.78. The van der Waals surface area contributed by atoms with Gasteiger partial charge in [-0.05, 0) is 30.7 Å². The number of nitrogens with one attached hydrogen (secondary N) is 1. The Morgan fingerprint density at radius 3 is 2.83 bits per heavy atom. The van der Waals surface area contributed by atoms with Crippen molar-refractivity contribution in [2.45, 2.75) is 26.3 Å². The highest BCUT2D eigenvalue weighted by atomic mass is 15.0. The van der Waals surface area contributed by atoms with Crippen LogP contribution in [0.1, 0.15) is 29.9 Å². The molecule has 0 aromatic carbocycles. The molecule has 0 amide bonds. The standard InChI is InChI=1S/C14H20N4/c1-4-16-13(9-14-17-7-8-18(14)3)12-10-15-6-5-11(12)2/h5-8,10,13,16H,4,9H2,1-3H3. The first-order valence-corrected chi connectivity index (χ1v) is 6.32. The van der Waals surface area contributed by atoms with Crippen LogP contribution in [0.2, 0.25) is 0 Å². The first kappa shape index (κ1) is 12.8. The van der Waals surface area contributed by atoms with E-state index in [1.807, 2.05) is 31.8 Å². The van der Waals surface area contributed by atoms with Gasteiger partial charge >= 0.3 is 0 Å². The lowest BCUT2D eigenvalue weighted by Crippen LogP contribution is -2.25. The largest absolute Gasteiger partial charge is 0.338 e. The Kier molecular flexibility index (Phi) is 4.10. The van der Waals surface area contributed by atoms with Gasteiger partial charge in [0.05, 0.1) is 0 Å². The summed E-state index contributed by atoms with van der Waals surface area (Å²) >= 11 is 0. The van der Waals surface area contributed by atoms with Gasteiger partial charge in [-0.2, -0.15) is 0 Å². The van der Waals surface area contributed by atoms with Gasteiger partial charge in [0.1, 0.15) is 5.82 Å². The molecule has 0 aliphatic heterocycles. The summed E-state index contributed by atoms with van der Waals surface area (Å²) in [6.45, 7) is 5.18. The molecule has 2 heterocycles. The number of imidazole rings is 1. The van der Waals surface area contributed by atoms with Crippen LogP contribution < -0.4 is 5.32 Å². The van der Waals surface area contributed by atoms with Gasteiger partial charge < -0.3 is 9.88 Å². The topological polar surface area (TPSA) is 42.7 Å². The zero-order valence-electron chi connectivity index (χ0n) is 11.2. The SMILES string of the molecule is CCNC(Cc1nccn1C)c1cnccc1C. The van der Waals surface area contributed by atoms with E-state index in [4.69, 9.17) is 0 Å². The molecule has 0 aliphatic rings. The van der Waals surface area contributed by atoms with E-state index in [0.717, 1.165) is 18.8 Å². The number of pyridine rings is 1. The Balaban J connectivity index is 2.24. The summed E-state index contributed by atoms with van der Waals surface area (Å²) in [7, 11) is 2.03. The molecule has 0 radical (unpaired) electrons. The van der Waals surface area contributed by atoms with Crippen LogP contribution in [0, 0.1) is 6.92 Å². The minimum atomic E-state index is 0.268. The van der Waals surface area contributed by atoms with E-state index >= 15 is 0 Å². The summed E-state index contributed by atoms with van der Waals surface area (Å²) in [5.74, 6) is 1.09. The molecule has 4 nitrogen and oxygen atoms in total. The van der Waals surface area contributed by atoms with Crippen LogP contribution in [0.4, 0.5) is 0 Å². The van der Waals surface area contributed by atoms with Crippen molar-refractivity contribution in [2.24, 2.45) is 7.05 Å². The molecule has 4 heteroatoms. The lowest BCUT2D eigenvalue weighted by atomic mass is 10.0. The van der Waals surface area contributed by atoms with Crippen LogP contribution in [0.25, 0.3) is 0 Å². The summed E-state index contributed by atoms with van der Waals surface area (Å²) in [6, 6.07) is 2.32. The fourth-order valence-corrected chi connectivity index (χ4v) is 2.16. The van der Waals surface area contributed by atoms with E-state index in [0.29, 0.717) is 0 Å². The maximum atomic E-state index is 4.40. The molecular formula is C14H20N4. The van der Waals surface area contributed by atoms with Gasteiger partial charge in [-0.3, -0.25) is 4.98 Å². The first-order chi connectivity index (χ1) is 8.72. The molecule has 2 aromatic rings. The van der Waals surface area contributed by atoms with Crippen molar-refractivity contribution >= 4 is 0 Å². The Bertz CT molecular complexity index is 504. The van der Waals surface area contributed by atoms with Gasteiger partial charge in [-0.25, -0.2) is 4.98 Å². The number of hydrogen-bond acceptors (Lipinski definition) is 3. The van der Waals surface area contributed by atoms with Crippen LogP contribution in [0.15, 0.2) is 30.9 Å². The van der Waals surface area contributed by atoms with Gasteiger partial charge in [0, 0.05) is 44.3 Å². The quantitative estimate of drug-likeness (QED) is 0.875. The predicted octanol–water partition coefficient (Wildman–Crippen LogP) is 2.02. The van der Waals surface area contributed by atoms with E-state index in [9.17, 15) is 0 Å². The van der Waals surface area contributed by atoms with Gasteiger partial charge in [0.25, 0.3) is 0 Å². The second-order valence-corrected chi connectivity index (χ2v) is 4.50. The third-order valence-corrected chi connectivity index (χ3v) is 3.21. The smallest absolute Gasteiger partial charge is 0.110 e. The zero-order valence-corrected chi connectivity index (χ0v) is 11.2. The van der Waals surface area contributed by atoms with Gasteiger partial charge in [-0.15, -0.1) is 0 Å². The van der Waals surface area contributed by atoms with Crippen molar-refractivity contribution in [1.82, 2.24) is 19.9 Å². The van der Waals surface area contributed by atoms with E-state index in [-0.39, 0.29) is 6.04 Å². The molecule has 1 atom stereocenters. The van der Waals surface area contributed by atoms with E-state index in [2.05, 4.69) is 39.8 Å². The summed E-state index contributed by atoms with van der Waals surface area (Å²) in [5, 5.41) is 3.51. The molecule has 18 heavy (non-hydrogen) atoms. The highest BCUT2D eigenvalue weighted by molar-refractivity contribution is 5.26. The normalized spacial score (nSPS) is 12.6. The Hall–Kier alpha value is -1.68. The summed E-state index contributed by atoms with van der Waals surface area (Å²) in [6.07, 6.45) is 8.49. The van der Waals surface area contributed by atoms with E-state index in [1.165, 1.54) is 11.1 Å². The van der Waals surface area contributed by atoms with E-state index < -0.39 is 0 Å². The molecule has 0 saturated carbocycles. The Labute approximate surface area is 108 Å². The number of hydrogen-bond donors (Lipinski definition) is 1. The number of rotatable bonds is 5. The van der Waals surface area contributed by atoms with Crippen molar-refractivity contribution in [3.63, 3.8) is 0 Å². The maximum Gasteiger partial charge on any atom is 0.110 e.